The van der Waals surface area contributed by atoms with E-state index in [0.717, 1.165) is 18.4 Å². The van der Waals surface area contributed by atoms with Crippen molar-refractivity contribution in [1.29, 1.82) is 0 Å². The summed E-state index contributed by atoms with van der Waals surface area (Å²) in [4.78, 5) is 25.8. The SMILES string of the molecule is O=c1[nH]c(O)c(/C=c2/cnn3c(=NC4CC4)cc(-c4cccc(NS(=O)(=O)C5CC5)c4)nc23)[nH]1. The number of nitrogens with one attached hydrogen (secondary N) is 3. The number of hydrogen-bond donors (Lipinski definition) is 4. The molecular weight excluding hydrogens is 458 g/mol. The molecule has 4 aromatic rings. The van der Waals surface area contributed by atoms with Gasteiger partial charge < -0.3 is 10.1 Å². The van der Waals surface area contributed by atoms with E-state index in [1.54, 1.807) is 35.0 Å². The van der Waals surface area contributed by atoms with Crippen molar-refractivity contribution in [2.75, 3.05) is 4.72 Å². The van der Waals surface area contributed by atoms with Crippen molar-refractivity contribution in [2.45, 2.75) is 37.0 Å². The third-order valence-corrected chi connectivity index (χ3v) is 7.63. The van der Waals surface area contributed by atoms with Gasteiger partial charge in [-0.25, -0.2) is 18.2 Å². The van der Waals surface area contributed by atoms with Crippen LogP contribution in [0.2, 0.25) is 0 Å². The first-order chi connectivity index (χ1) is 16.4. The van der Waals surface area contributed by atoms with Crippen LogP contribution in [0.15, 0.2) is 46.3 Å². The van der Waals surface area contributed by atoms with Gasteiger partial charge in [0.1, 0.15) is 5.69 Å². The number of aromatic nitrogens is 5. The fourth-order valence-corrected chi connectivity index (χ4v) is 5.09. The van der Waals surface area contributed by atoms with E-state index in [0.29, 0.717) is 40.6 Å². The third-order valence-electron chi connectivity index (χ3n) is 5.76. The van der Waals surface area contributed by atoms with Crippen molar-refractivity contribution in [2.24, 2.45) is 4.99 Å². The van der Waals surface area contributed by atoms with Gasteiger partial charge in [0.05, 0.1) is 23.2 Å². The minimum absolute atomic E-state index is 0.212. The first-order valence-corrected chi connectivity index (χ1v) is 12.5. The number of aromatic amines is 2. The molecule has 0 bridgehead atoms. The number of H-pyrrole nitrogens is 2. The Hall–Kier alpha value is -3.93. The van der Waals surface area contributed by atoms with E-state index in [-0.39, 0.29) is 22.9 Å². The van der Waals surface area contributed by atoms with Crippen LogP contribution in [0, 0.1) is 0 Å². The molecule has 3 aromatic heterocycles. The van der Waals surface area contributed by atoms with Crippen molar-refractivity contribution < 1.29 is 13.5 Å². The highest BCUT2D eigenvalue weighted by molar-refractivity contribution is 7.93. The molecule has 4 N–H and O–H groups in total. The van der Waals surface area contributed by atoms with E-state index in [1.165, 1.54) is 0 Å². The molecule has 2 aliphatic carbocycles. The molecule has 0 amide bonds. The number of fused-ring (bicyclic) bond motifs is 1. The van der Waals surface area contributed by atoms with E-state index in [4.69, 9.17) is 9.98 Å². The van der Waals surface area contributed by atoms with E-state index >= 15 is 0 Å². The highest BCUT2D eigenvalue weighted by Crippen LogP contribution is 2.30. The summed E-state index contributed by atoms with van der Waals surface area (Å²) in [5.74, 6) is -0.279. The Balaban J connectivity index is 1.50. The molecule has 0 aliphatic heterocycles. The molecule has 6 rings (SSSR count). The first-order valence-electron chi connectivity index (χ1n) is 10.9. The Morgan fingerprint density at radius 1 is 1.18 bits per heavy atom. The van der Waals surface area contributed by atoms with Gasteiger partial charge in [0, 0.05) is 22.5 Å². The quantitative estimate of drug-likeness (QED) is 0.318. The number of benzene rings is 1. The van der Waals surface area contributed by atoms with Crippen molar-refractivity contribution in [3.05, 3.63) is 63.4 Å². The maximum absolute atomic E-state index is 12.4. The molecule has 11 nitrogen and oxygen atoms in total. The summed E-state index contributed by atoms with van der Waals surface area (Å²) in [6.07, 6.45) is 6.55. The van der Waals surface area contributed by atoms with Crippen LogP contribution in [0.5, 0.6) is 5.88 Å². The third kappa shape index (κ3) is 3.96. The molecule has 3 heterocycles. The summed E-state index contributed by atoms with van der Waals surface area (Å²) in [5.41, 5.74) is 2.59. The summed E-state index contributed by atoms with van der Waals surface area (Å²) in [6, 6.07) is 9.14. The maximum Gasteiger partial charge on any atom is 0.326 e. The molecule has 0 unspecified atom stereocenters. The van der Waals surface area contributed by atoms with Gasteiger partial charge in [-0.05, 0) is 43.9 Å². The second kappa shape index (κ2) is 7.55. The number of imidazole rings is 1. The van der Waals surface area contributed by atoms with Gasteiger partial charge in [0.2, 0.25) is 15.9 Å². The Morgan fingerprint density at radius 3 is 2.71 bits per heavy atom. The molecule has 174 valence electrons. The molecular formula is C22H21N7O4S. The smallest absolute Gasteiger partial charge is 0.326 e. The molecule has 0 atom stereocenters. The molecule has 34 heavy (non-hydrogen) atoms. The van der Waals surface area contributed by atoms with Gasteiger partial charge in [0.25, 0.3) is 0 Å². The number of aromatic hydroxyl groups is 1. The zero-order chi connectivity index (χ0) is 23.4. The number of rotatable bonds is 6. The Kier molecular flexibility index (Phi) is 4.59. The number of hydrogen-bond acceptors (Lipinski definition) is 7. The van der Waals surface area contributed by atoms with Crippen molar-refractivity contribution in [3.63, 3.8) is 0 Å². The molecule has 1 aromatic carbocycles. The largest absolute Gasteiger partial charge is 0.493 e. The van der Waals surface area contributed by atoms with Gasteiger partial charge in [-0.3, -0.25) is 14.7 Å². The zero-order valence-corrected chi connectivity index (χ0v) is 18.7. The second-order valence-corrected chi connectivity index (χ2v) is 10.6. The predicted molar refractivity (Wildman–Crippen MR) is 124 cm³/mol. The van der Waals surface area contributed by atoms with Crippen LogP contribution in [0.4, 0.5) is 5.69 Å². The van der Waals surface area contributed by atoms with E-state index in [9.17, 15) is 18.3 Å². The van der Waals surface area contributed by atoms with Gasteiger partial charge >= 0.3 is 5.69 Å². The average molecular weight is 480 g/mol. The van der Waals surface area contributed by atoms with Crippen molar-refractivity contribution in [3.8, 4) is 17.1 Å². The number of anilines is 1. The van der Waals surface area contributed by atoms with Crippen LogP contribution >= 0.6 is 0 Å². The van der Waals surface area contributed by atoms with E-state index in [2.05, 4.69) is 19.8 Å². The number of nitrogens with zero attached hydrogens (tertiary/aromatic N) is 4. The fraction of sp³-hybridized carbons (Fsp3) is 0.273. The summed E-state index contributed by atoms with van der Waals surface area (Å²) >= 11 is 0. The minimum atomic E-state index is -3.39. The van der Waals surface area contributed by atoms with Crippen LogP contribution in [0.25, 0.3) is 23.0 Å². The second-order valence-electron chi connectivity index (χ2n) is 8.61. The minimum Gasteiger partial charge on any atom is -0.493 e. The Morgan fingerprint density at radius 2 is 2.00 bits per heavy atom. The lowest BCUT2D eigenvalue weighted by molar-refractivity contribution is 0.454. The summed E-state index contributed by atoms with van der Waals surface area (Å²) in [7, 11) is -3.39. The normalized spacial score (nSPS) is 17.5. The predicted octanol–water partition coefficient (Wildman–Crippen LogP) is 0.633. The number of sulfonamides is 1. The Labute approximate surface area is 193 Å². The summed E-state index contributed by atoms with van der Waals surface area (Å²) < 4.78 is 29.0. The van der Waals surface area contributed by atoms with Crippen LogP contribution in [0.3, 0.4) is 0 Å². The monoisotopic (exact) mass is 479 g/mol. The summed E-state index contributed by atoms with van der Waals surface area (Å²) in [5, 5.41) is 14.6. The maximum atomic E-state index is 12.4. The van der Waals surface area contributed by atoms with Crippen LogP contribution in [-0.2, 0) is 10.0 Å². The molecule has 0 radical (unpaired) electrons. The lowest BCUT2D eigenvalue weighted by Gasteiger charge is -2.09. The zero-order valence-electron chi connectivity index (χ0n) is 17.9. The van der Waals surface area contributed by atoms with E-state index < -0.39 is 15.7 Å². The van der Waals surface area contributed by atoms with Gasteiger partial charge in [-0.1, -0.05) is 12.1 Å². The van der Waals surface area contributed by atoms with Gasteiger partial charge in [0.15, 0.2) is 11.1 Å². The summed E-state index contributed by atoms with van der Waals surface area (Å²) in [6.45, 7) is 0. The Bertz CT molecular complexity index is 1710. The van der Waals surface area contributed by atoms with Gasteiger partial charge in [-0.15, -0.1) is 0 Å². The molecule has 12 heteroatoms. The standard InChI is InChI=1S/C22H21N7O4S/c30-21-18(26-22(31)27-21)9-13-11-23-29-19(24-14-4-5-14)10-17(25-20(13)29)12-2-1-3-15(8-12)28-34(32,33)16-6-7-16/h1-3,8-11,14,16,28,30H,4-7H2,(H2,26,27,31)/b13-9-,24-19?. The lowest BCUT2D eigenvalue weighted by atomic mass is 10.1. The topological polar surface area (TPSA) is 158 Å². The van der Waals surface area contributed by atoms with Crippen LogP contribution < -0.4 is 21.1 Å². The molecule has 0 saturated heterocycles. The fourth-order valence-electron chi connectivity index (χ4n) is 3.71. The highest BCUT2D eigenvalue weighted by Gasteiger charge is 2.35. The van der Waals surface area contributed by atoms with Gasteiger partial charge in [-0.2, -0.15) is 9.61 Å². The molecule has 2 aliphatic rings. The molecule has 2 saturated carbocycles. The lowest BCUT2D eigenvalue weighted by Crippen LogP contribution is -2.19. The molecule has 0 spiro atoms. The van der Waals surface area contributed by atoms with Crippen molar-refractivity contribution >= 4 is 27.4 Å². The van der Waals surface area contributed by atoms with Crippen molar-refractivity contribution in [1.82, 2.24) is 24.6 Å². The highest BCUT2D eigenvalue weighted by atomic mass is 32.2. The van der Waals surface area contributed by atoms with E-state index in [1.807, 2.05) is 12.1 Å². The van der Waals surface area contributed by atoms with Crippen LogP contribution in [-0.4, -0.2) is 49.4 Å². The molecule has 2 fully saturated rings. The van der Waals surface area contributed by atoms with Crippen LogP contribution in [0.1, 0.15) is 31.4 Å². The average Bonchev–Trinajstić information content (AvgIpc) is 3.72. The first kappa shape index (κ1) is 20.7.